The number of rotatable bonds is 4. The molecule has 0 unspecified atom stereocenters. The fraction of sp³-hybridized carbons (Fsp3) is 0.364. The molecule has 0 spiro atoms. The second kappa shape index (κ2) is 5.99. The average molecular weight is 353 g/mol. The summed E-state index contributed by atoms with van der Waals surface area (Å²) >= 11 is 1.13. The standard InChI is InChI=1S/C11H10F3N3O3S2/c1-2-5-8(21-4-15-5)11(19,20)22-9-16-6(10(12,13)14)3-7(18)17-9/h3-4,19-20H,2H2,1H3,(H,16,17,18). The second-order valence-corrected chi connectivity index (χ2v) is 6.14. The molecule has 2 aromatic rings. The number of aryl methyl sites for hydroxylation is 1. The molecule has 11 heteroatoms. The van der Waals surface area contributed by atoms with Crippen molar-refractivity contribution < 1.29 is 23.4 Å². The van der Waals surface area contributed by atoms with Crippen LogP contribution in [-0.2, 0) is 17.7 Å². The highest BCUT2D eigenvalue weighted by Crippen LogP contribution is 2.39. The van der Waals surface area contributed by atoms with E-state index in [-0.39, 0.29) is 16.6 Å². The Morgan fingerprint density at radius 2 is 2.09 bits per heavy atom. The topological polar surface area (TPSA) is 99.1 Å². The molecule has 22 heavy (non-hydrogen) atoms. The van der Waals surface area contributed by atoms with Gasteiger partial charge in [-0.25, -0.2) is 9.97 Å². The zero-order chi connectivity index (χ0) is 16.5. The molecular weight excluding hydrogens is 343 g/mol. The summed E-state index contributed by atoms with van der Waals surface area (Å²) in [5.41, 5.74) is -0.662. The number of thiazole rings is 1. The Kier molecular flexibility index (Phi) is 4.61. The molecule has 0 aromatic carbocycles. The first kappa shape index (κ1) is 16.9. The maximum Gasteiger partial charge on any atom is 0.433 e. The fourth-order valence-corrected chi connectivity index (χ4v) is 3.41. The Bertz CT molecular complexity index is 727. The summed E-state index contributed by atoms with van der Waals surface area (Å²) in [7, 11) is 0. The van der Waals surface area contributed by atoms with Crippen LogP contribution in [0.4, 0.5) is 13.2 Å². The van der Waals surface area contributed by atoms with Crippen molar-refractivity contribution in [3.63, 3.8) is 0 Å². The Morgan fingerprint density at radius 3 is 2.68 bits per heavy atom. The van der Waals surface area contributed by atoms with Crippen molar-refractivity contribution in [2.45, 2.75) is 29.8 Å². The zero-order valence-electron chi connectivity index (χ0n) is 11.0. The van der Waals surface area contributed by atoms with Gasteiger partial charge in [0.25, 0.3) is 10.7 Å². The first-order valence-corrected chi connectivity index (χ1v) is 7.58. The van der Waals surface area contributed by atoms with E-state index in [2.05, 4.69) is 9.97 Å². The lowest BCUT2D eigenvalue weighted by molar-refractivity contribution is -0.141. The Hall–Kier alpha value is -1.43. The largest absolute Gasteiger partial charge is 0.433 e. The van der Waals surface area contributed by atoms with Crippen LogP contribution in [0.25, 0.3) is 0 Å². The summed E-state index contributed by atoms with van der Waals surface area (Å²) < 4.78 is 37.8. The summed E-state index contributed by atoms with van der Waals surface area (Å²) in [4.78, 5) is 20.5. The number of halogens is 3. The SMILES string of the molecule is CCc1ncsc1C(O)(O)Sc1nc(C(F)(F)F)cc(=O)[nH]1. The third kappa shape index (κ3) is 3.66. The molecule has 0 amide bonds. The lowest BCUT2D eigenvalue weighted by Gasteiger charge is -2.19. The van der Waals surface area contributed by atoms with Crippen LogP contribution < -0.4 is 5.56 Å². The van der Waals surface area contributed by atoms with Gasteiger partial charge < -0.3 is 15.2 Å². The molecule has 2 aromatic heterocycles. The van der Waals surface area contributed by atoms with E-state index in [1.54, 1.807) is 6.92 Å². The van der Waals surface area contributed by atoms with E-state index < -0.39 is 27.7 Å². The van der Waals surface area contributed by atoms with Crippen molar-refractivity contribution in [2.24, 2.45) is 0 Å². The molecule has 2 rings (SSSR count). The summed E-state index contributed by atoms with van der Waals surface area (Å²) in [5.74, 6) is 0. The third-order valence-corrected chi connectivity index (χ3v) is 4.49. The molecule has 3 N–H and O–H groups in total. The Balaban J connectivity index is 2.38. The monoisotopic (exact) mass is 353 g/mol. The summed E-state index contributed by atoms with van der Waals surface area (Å²) in [6, 6.07) is 0.296. The van der Waals surface area contributed by atoms with Crippen LogP contribution in [-0.4, -0.2) is 25.2 Å². The molecule has 2 heterocycles. The van der Waals surface area contributed by atoms with Gasteiger partial charge in [0.2, 0.25) is 0 Å². The highest BCUT2D eigenvalue weighted by atomic mass is 32.2. The lowest BCUT2D eigenvalue weighted by atomic mass is 10.3. The molecule has 0 saturated carbocycles. The number of nitrogens with one attached hydrogen (secondary N) is 1. The fourth-order valence-electron chi connectivity index (χ4n) is 1.60. The minimum atomic E-state index is -4.81. The summed E-state index contributed by atoms with van der Waals surface area (Å²) in [6.07, 6.45) is -4.40. The molecule has 0 aliphatic heterocycles. The normalized spacial score (nSPS) is 12.6. The number of nitrogens with zero attached hydrogens (tertiary/aromatic N) is 2. The van der Waals surface area contributed by atoms with Gasteiger partial charge >= 0.3 is 6.18 Å². The molecule has 0 saturated heterocycles. The van der Waals surface area contributed by atoms with Gasteiger partial charge in [-0.3, -0.25) is 4.79 Å². The van der Waals surface area contributed by atoms with Crippen molar-refractivity contribution in [1.29, 1.82) is 0 Å². The molecule has 0 aliphatic carbocycles. The molecule has 0 aliphatic rings. The highest BCUT2D eigenvalue weighted by molar-refractivity contribution is 7.99. The highest BCUT2D eigenvalue weighted by Gasteiger charge is 2.36. The number of alkyl halides is 3. The van der Waals surface area contributed by atoms with Crippen molar-refractivity contribution in [3.8, 4) is 0 Å². The van der Waals surface area contributed by atoms with Crippen LogP contribution >= 0.6 is 23.1 Å². The quantitative estimate of drug-likeness (QED) is 0.440. The maximum absolute atomic E-state index is 12.6. The van der Waals surface area contributed by atoms with Gasteiger partial charge in [0, 0.05) is 6.07 Å². The van der Waals surface area contributed by atoms with Crippen molar-refractivity contribution in [3.05, 3.63) is 38.2 Å². The van der Waals surface area contributed by atoms with E-state index in [9.17, 15) is 28.2 Å². The Morgan fingerprint density at radius 1 is 1.41 bits per heavy atom. The number of hydrogen-bond donors (Lipinski definition) is 3. The van der Waals surface area contributed by atoms with Crippen LogP contribution in [0.2, 0.25) is 0 Å². The van der Waals surface area contributed by atoms with E-state index >= 15 is 0 Å². The van der Waals surface area contributed by atoms with Gasteiger partial charge in [0.15, 0.2) is 10.9 Å². The van der Waals surface area contributed by atoms with E-state index in [0.29, 0.717) is 18.2 Å². The van der Waals surface area contributed by atoms with Crippen LogP contribution in [0.5, 0.6) is 0 Å². The number of aliphatic hydroxyl groups is 2. The molecule has 0 fully saturated rings. The van der Waals surface area contributed by atoms with Crippen LogP contribution in [0.15, 0.2) is 21.5 Å². The van der Waals surface area contributed by atoms with Crippen LogP contribution in [0, 0.1) is 0 Å². The predicted octanol–water partition coefficient (Wildman–Crippen LogP) is 1.69. The minimum absolute atomic E-state index is 0.0695. The predicted molar refractivity (Wildman–Crippen MR) is 73.3 cm³/mol. The van der Waals surface area contributed by atoms with Crippen LogP contribution in [0.3, 0.4) is 0 Å². The summed E-state index contributed by atoms with van der Waals surface area (Å²) in [6.45, 7) is 1.74. The van der Waals surface area contributed by atoms with Crippen molar-refractivity contribution in [2.75, 3.05) is 0 Å². The van der Waals surface area contributed by atoms with Gasteiger partial charge in [0.1, 0.15) is 0 Å². The molecule has 120 valence electrons. The van der Waals surface area contributed by atoms with Gasteiger partial charge in [-0.1, -0.05) is 6.92 Å². The van der Waals surface area contributed by atoms with Gasteiger partial charge in [0.05, 0.1) is 16.1 Å². The summed E-state index contributed by atoms with van der Waals surface area (Å²) in [5, 5.41) is 17.0. The van der Waals surface area contributed by atoms with Gasteiger partial charge in [-0.05, 0) is 18.2 Å². The van der Waals surface area contributed by atoms with Crippen LogP contribution in [0.1, 0.15) is 23.2 Å². The average Bonchev–Trinajstić information content (AvgIpc) is 2.85. The second-order valence-electron chi connectivity index (χ2n) is 4.13. The smallest absolute Gasteiger partial charge is 0.353 e. The number of aromatic amines is 1. The van der Waals surface area contributed by atoms with Gasteiger partial charge in [-0.15, -0.1) is 11.3 Å². The molecular formula is C11H10F3N3O3S2. The van der Waals surface area contributed by atoms with E-state index in [0.717, 1.165) is 11.3 Å². The molecule has 6 nitrogen and oxygen atoms in total. The van der Waals surface area contributed by atoms with E-state index in [4.69, 9.17) is 0 Å². The molecule has 0 bridgehead atoms. The molecule has 0 radical (unpaired) electrons. The van der Waals surface area contributed by atoms with E-state index in [1.165, 1.54) is 5.51 Å². The van der Waals surface area contributed by atoms with Gasteiger partial charge in [-0.2, -0.15) is 13.2 Å². The van der Waals surface area contributed by atoms with Crippen molar-refractivity contribution in [1.82, 2.24) is 15.0 Å². The number of H-pyrrole nitrogens is 1. The van der Waals surface area contributed by atoms with E-state index in [1.807, 2.05) is 4.98 Å². The maximum atomic E-state index is 12.6. The van der Waals surface area contributed by atoms with Crippen molar-refractivity contribution >= 4 is 23.1 Å². The first-order chi connectivity index (χ1) is 10.1. The lowest BCUT2D eigenvalue weighted by Crippen LogP contribution is -2.23. The third-order valence-electron chi connectivity index (χ3n) is 2.52. The number of thioether (sulfide) groups is 1. The Labute approximate surface area is 130 Å². The zero-order valence-corrected chi connectivity index (χ0v) is 12.6. The number of aromatic nitrogens is 3. The number of hydrogen-bond acceptors (Lipinski definition) is 7. The molecule has 0 atom stereocenters. The minimum Gasteiger partial charge on any atom is -0.353 e. The first-order valence-electron chi connectivity index (χ1n) is 5.88.